The van der Waals surface area contributed by atoms with Gasteiger partial charge >= 0.3 is 5.97 Å². The molecule has 1 saturated carbocycles. The predicted molar refractivity (Wildman–Crippen MR) is 48.4 cm³/mol. The van der Waals surface area contributed by atoms with Gasteiger partial charge in [0, 0.05) is 16.6 Å². The van der Waals surface area contributed by atoms with Gasteiger partial charge in [-0.25, -0.2) is 4.79 Å². The maximum absolute atomic E-state index is 11.3. The molecule has 0 aromatic heterocycles. The minimum absolute atomic E-state index is 0.0106. The molecule has 3 N–H and O–H groups in total. The van der Waals surface area contributed by atoms with E-state index in [0.717, 1.165) is 0 Å². The SMILES string of the molecule is N[C@@H]1C(=O)[C@H]2C(C(=O)O)=CCS[C@H]21. The van der Waals surface area contributed by atoms with Crippen molar-refractivity contribution in [1.82, 2.24) is 0 Å². The first kappa shape index (κ1) is 8.77. The zero-order valence-corrected chi connectivity index (χ0v) is 7.58. The molecule has 70 valence electrons. The monoisotopic (exact) mass is 199 g/mol. The number of aliphatic carboxylic acids is 1. The zero-order valence-electron chi connectivity index (χ0n) is 6.77. The Morgan fingerprint density at radius 2 is 2.38 bits per heavy atom. The standard InChI is InChI=1S/C8H9NO3S/c9-5-6(10)4-3(8(11)12)1-2-13-7(4)5/h1,4-5,7H,2,9H2,(H,11,12)/t4-,5-,7-/m1/s1. The summed E-state index contributed by atoms with van der Waals surface area (Å²) >= 11 is 1.56. The van der Waals surface area contributed by atoms with Crippen LogP contribution in [0.5, 0.6) is 0 Å². The number of thioether (sulfide) groups is 1. The highest BCUT2D eigenvalue weighted by Gasteiger charge is 2.52. The van der Waals surface area contributed by atoms with Gasteiger partial charge in [-0.3, -0.25) is 4.79 Å². The van der Waals surface area contributed by atoms with E-state index in [-0.39, 0.29) is 16.6 Å². The van der Waals surface area contributed by atoms with E-state index >= 15 is 0 Å². The molecule has 0 unspecified atom stereocenters. The molecule has 0 spiro atoms. The van der Waals surface area contributed by atoms with Crippen molar-refractivity contribution >= 4 is 23.5 Å². The van der Waals surface area contributed by atoms with Crippen molar-refractivity contribution in [3.05, 3.63) is 11.6 Å². The van der Waals surface area contributed by atoms with Gasteiger partial charge in [-0.1, -0.05) is 6.08 Å². The van der Waals surface area contributed by atoms with E-state index in [0.29, 0.717) is 5.75 Å². The molecule has 13 heavy (non-hydrogen) atoms. The molecule has 2 rings (SSSR count). The number of carbonyl (C=O) groups excluding carboxylic acids is 1. The molecule has 2 aliphatic rings. The number of fused-ring (bicyclic) bond motifs is 1. The minimum atomic E-state index is -0.990. The van der Waals surface area contributed by atoms with E-state index in [1.165, 1.54) is 0 Å². The molecule has 0 amide bonds. The summed E-state index contributed by atoms with van der Waals surface area (Å²) in [7, 11) is 0. The Kier molecular flexibility index (Phi) is 1.92. The number of Topliss-reactive ketones (excluding diaryl/α,β-unsaturated/α-hetero) is 1. The Hall–Kier alpha value is -0.810. The number of carboxylic acids is 1. The molecule has 0 aromatic rings. The smallest absolute Gasteiger partial charge is 0.332 e. The molecule has 0 bridgehead atoms. The van der Waals surface area contributed by atoms with E-state index in [1.807, 2.05) is 0 Å². The quantitative estimate of drug-likeness (QED) is 0.602. The Balaban J connectivity index is 2.27. The average molecular weight is 199 g/mol. The van der Waals surface area contributed by atoms with Crippen LogP contribution in [0.1, 0.15) is 0 Å². The Labute approximate surface area is 79.2 Å². The number of hydrogen-bond acceptors (Lipinski definition) is 4. The van der Waals surface area contributed by atoms with Gasteiger partial charge in [0.15, 0.2) is 5.78 Å². The molecule has 0 radical (unpaired) electrons. The third kappa shape index (κ3) is 1.11. The maximum atomic E-state index is 11.3. The first-order valence-electron chi connectivity index (χ1n) is 3.97. The summed E-state index contributed by atoms with van der Waals surface area (Å²) in [6.07, 6.45) is 1.61. The second kappa shape index (κ2) is 2.85. The fourth-order valence-corrected chi connectivity index (χ4v) is 3.06. The van der Waals surface area contributed by atoms with Gasteiger partial charge < -0.3 is 10.8 Å². The molecule has 0 saturated heterocycles. The van der Waals surface area contributed by atoms with Crippen LogP contribution in [-0.4, -0.2) is 33.9 Å². The van der Waals surface area contributed by atoms with E-state index in [4.69, 9.17) is 10.8 Å². The number of hydrogen-bond donors (Lipinski definition) is 2. The average Bonchev–Trinajstić information content (AvgIpc) is 2.15. The van der Waals surface area contributed by atoms with Crippen LogP contribution in [-0.2, 0) is 9.59 Å². The van der Waals surface area contributed by atoms with Gasteiger partial charge in [-0.15, -0.1) is 0 Å². The van der Waals surface area contributed by atoms with Crippen LogP contribution in [0.3, 0.4) is 0 Å². The lowest BCUT2D eigenvalue weighted by Gasteiger charge is -2.42. The first-order chi connectivity index (χ1) is 6.13. The summed E-state index contributed by atoms with van der Waals surface area (Å²) in [4.78, 5) is 22.0. The molecule has 1 aliphatic carbocycles. The van der Waals surface area contributed by atoms with Crippen molar-refractivity contribution in [3.63, 3.8) is 0 Å². The van der Waals surface area contributed by atoms with Crippen LogP contribution in [0.4, 0.5) is 0 Å². The summed E-state index contributed by atoms with van der Waals surface area (Å²) < 4.78 is 0. The molecular formula is C8H9NO3S. The van der Waals surface area contributed by atoms with Crippen molar-refractivity contribution in [1.29, 1.82) is 0 Å². The predicted octanol–water partition coefficient (Wildman–Crippen LogP) is -0.361. The third-order valence-corrected chi connectivity index (χ3v) is 3.80. The van der Waals surface area contributed by atoms with Crippen LogP contribution < -0.4 is 5.73 Å². The topological polar surface area (TPSA) is 80.4 Å². The second-order valence-electron chi connectivity index (χ2n) is 3.17. The number of ketones is 1. The molecular weight excluding hydrogens is 190 g/mol. The van der Waals surface area contributed by atoms with E-state index in [1.54, 1.807) is 17.8 Å². The molecule has 1 heterocycles. The lowest BCUT2D eigenvalue weighted by molar-refractivity contribution is -0.137. The van der Waals surface area contributed by atoms with Crippen molar-refractivity contribution < 1.29 is 14.7 Å². The van der Waals surface area contributed by atoms with E-state index in [9.17, 15) is 9.59 Å². The fourth-order valence-electron chi connectivity index (χ4n) is 1.75. The van der Waals surface area contributed by atoms with Crippen molar-refractivity contribution in [2.24, 2.45) is 11.7 Å². The molecule has 1 fully saturated rings. The zero-order chi connectivity index (χ0) is 9.59. The largest absolute Gasteiger partial charge is 0.478 e. The molecule has 4 nitrogen and oxygen atoms in total. The highest BCUT2D eigenvalue weighted by atomic mass is 32.2. The second-order valence-corrected chi connectivity index (χ2v) is 4.38. The van der Waals surface area contributed by atoms with E-state index in [2.05, 4.69) is 0 Å². The Morgan fingerprint density at radius 3 is 3.00 bits per heavy atom. The van der Waals surface area contributed by atoms with Crippen LogP contribution in [0.25, 0.3) is 0 Å². The van der Waals surface area contributed by atoms with E-state index < -0.39 is 17.9 Å². The number of carboxylic acid groups (broad SMARTS) is 1. The highest BCUT2D eigenvalue weighted by Crippen LogP contribution is 2.41. The van der Waals surface area contributed by atoms with Crippen LogP contribution in [0.15, 0.2) is 11.6 Å². The van der Waals surface area contributed by atoms with Crippen LogP contribution in [0.2, 0.25) is 0 Å². The summed E-state index contributed by atoms with van der Waals surface area (Å²) in [5.41, 5.74) is 5.78. The van der Waals surface area contributed by atoms with Gasteiger partial charge in [0.05, 0.1) is 12.0 Å². The normalized spacial score (nSPS) is 37.5. The van der Waals surface area contributed by atoms with Gasteiger partial charge in [-0.05, 0) is 0 Å². The van der Waals surface area contributed by atoms with Gasteiger partial charge in [0.25, 0.3) is 0 Å². The Morgan fingerprint density at radius 1 is 1.69 bits per heavy atom. The molecule has 0 aromatic carbocycles. The van der Waals surface area contributed by atoms with Gasteiger partial charge in [0.1, 0.15) is 0 Å². The van der Waals surface area contributed by atoms with Crippen LogP contribution in [0, 0.1) is 5.92 Å². The highest BCUT2D eigenvalue weighted by molar-refractivity contribution is 8.00. The lowest BCUT2D eigenvalue weighted by atomic mass is 9.73. The maximum Gasteiger partial charge on any atom is 0.332 e. The fraction of sp³-hybridized carbons (Fsp3) is 0.500. The van der Waals surface area contributed by atoms with Crippen molar-refractivity contribution in [3.8, 4) is 0 Å². The number of nitrogens with two attached hydrogens (primary N) is 1. The molecule has 3 atom stereocenters. The summed E-state index contributed by atoms with van der Waals surface area (Å²) in [6.45, 7) is 0. The molecule has 1 aliphatic heterocycles. The Bertz CT molecular complexity index is 313. The van der Waals surface area contributed by atoms with Crippen molar-refractivity contribution in [2.45, 2.75) is 11.3 Å². The first-order valence-corrected chi connectivity index (χ1v) is 5.02. The third-order valence-electron chi connectivity index (χ3n) is 2.49. The summed E-state index contributed by atoms with van der Waals surface area (Å²) in [5.74, 6) is -0.934. The summed E-state index contributed by atoms with van der Waals surface area (Å²) in [6, 6.07) is -0.460. The van der Waals surface area contributed by atoms with Gasteiger partial charge in [0.2, 0.25) is 0 Å². The lowest BCUT2D eigenvalue weighted by Crippen LogP contribution is -2.61. The van der Waals surface area contributed by atoms with Crippen molar-refractivity contribution in [2.75, 3.05) is 5.75 Å². The van der Waals surface area contributed by atoms with Gasteiger partial charge in [-0.2, -0.15) is 11.8 Å². The number of rotatable bonds is 1. The van der Waals surface area contributed by atoms with Crippen LogP contribution >= 0.6 is 11.8 Å². The minimum Gasteiger partial charge on any atom is -0.478 e. The summed E-state index contributed by atoms with van der Waals surface area (Å²) in [5, 5.41) is 8.78. The number of carbonyl (C=O) groups is 2. The molecule has 5 heteroatoms.